The van der Waals surface area contributed by atoms with Gasteiger partial charge in [0, 0.05) is 24.3 Å². The van der Waals surface area contributed by atoms with Gasteiger partial charge in [0.05, 0.1) is 22.5 Å². The van der Waals surface area contributed by atoms with Gasteiger partial charge in [-0.05, 0) is 37.6 Å². The van der Waals surface area contributed by atoms with Crippen LogP contribution in [0.2, 0.25) is 0 Å². The van der Waals surface area contributed by atoms with Crippen molar-refractivity contribution in [1.82, 2.24) is 15.3 Å². The summed E-state index contributed by atoms with van der Waals surface area (Å²) in [6, 6.07) is 9.30. The van der Waals surface area contributed by atoms with Crippen molar-refractivity contribution in [2.75, 3.05) is 0 Å². The van der Waals surface area contributed by atoms with Crippen molar-refractivity contribution < 1.29 is 14.3 Å². The van der Waals surface area contributed by atoms with Gasteiger partial charge in [-0.3, -0.25) is 4.79 Å². The Balaban J connectivity index is 2.10. The lowest BCUT2D eigenvalue weighted by Gasteiger charge is -2.16. The van der Waals surface area contributed by atoms with Crippen LogP contribution in [0.25, 0.3) is 22.3 Å². The van der Waals surface area contributed by atoms with E-state index in [2.05, 4.69) is 15.3 Å². The Hall–Kier alpha value is -3.35. The fourth-order valence-corrected chi connectivity index (χ4v) is 3.15. The van der Waals surface area contributed by atoms with Crippen molar-refractivity contribution in [3.63, 3.8) is 0 Å². The number of aromatic hydroxyl groups is 1. The Morgan fingerprint density at radius 3 is 2.72 bits per heavy atom. The van der Waals surface area contributed by atoms with Crippen LogP contribution in [-0.4, -0.2) is 32.7 Å². The van der Waals surface area contributed by atoms with Crippen LogP contribution >= 0.6 is 0 Å². The van der Waals surface area contributed by atoms with E-state index in [0.29, 0.717) is 23.0 Å². The van der Waals surface area contributed by atoms with Gasteiger partial charge in [0.2, 0.25) is 5.91 Å². The lowest BCUT2D eigenvalue weighted by molar-refractivity contribution is -0.121. The summed E-state index contributed by atoms with van der Waals surface area (Å²) in [5.74, 6) is -0.981. The average molecular weight is 394 g/mol. The van der Waals surface area contributed by atoms with E-state index in [0.717, 1.165) is 5.56 Å². The van der Waals surface area contributed by atoms with Crippen LogP contribution < -0.4 is 5.32 Å². The van der Waals surface area contributed by atoms with E-state index in [4.69, 9.17) is 5.41 Å². The molecule has 29 heavy (non-hydrogen) atoms. The molecule has 0 unspecified atom stereocenters. The van der Waals surface area contributed by atoms with Gasteiger partial charge in [-0.1, -0.05) is 25.1 Å². The summed E-state index contributed by atoms with van der Waals surface area (Å²) in [5, 5.41) is 22.2. The van der Waals surface area contributed by atoms with E-state index in [1.807, 2.05) is 32.0 Å². The van der Waals surface area contributed by atoms with Gasteiger partial charge in [-0.15, -0.1) is 0 Å². The second kappa shape index (κ2) is 8.34. The summed E-state index contributed by atoms with van der Waals surface area (Å²) in [6.45, 7) is 5.50. The van der Waals surface area contributed by atoms with E-state index in [1.54, 1.807) is 6.92 Å². The predicted molar refractivity (Wildman–Crippen MR) is 111 cm³/mol. The SMILES string of the molecule is CCC(=O)N[C@H](C)CC(=N)c1nc(-c2c(O)cccc2F)nc2cc(C)ccc12. The molecule has 0 fully saturated rings. The Morgan fingerprint density at radius 1 is 1.28 bits per heavy atom. The third-order valence-corrected chi connectivity index (χ3v) is 4.59. The number of benzene rings is 2. The van der Waals surface area contributed by atoms with Crippen LogP contribution in [0.5, 0.6) is 5.75 Å². The lowest BCUT2D eigenvalue weighted by atomic mass is 10.0. The molecule has 3 N–H and O–H groups in total. The molecule has 0 aliphatic carbocycles. The molecule has 150 valence electrons. The summed E-state index contributed by atoms with van der Waals surface area (Å²) in [5.41, 5.74) is 1.97. The first-order valence-electron chi connectivity index (χ1n) is 9.43. The van der Waals surface area contributed by atoms with Crippen molar-refractivity contribution in [2.45, 2.75) is 39.7 Å². The summed E-state index contributed by atoms with van der Waals surface area (Å²) >= 11 is 0. The van der Waals surface area contributed by atoms with Crippen LogP contribution in [0.3, 0.4) is 0 Å². The second-order valence-electron chi connectivity index (χ2n) is 7.06. The zero-order valence-corrected chi connectivity index (χ0v) is 16.6. The quantitative estimate of drug-likeness (QED) is 0.548. The highest BCUT2D eigenvalue weighted by Gasteiger charge is 2.19. The molecule has 0 spiro atoms. The summed E-state index contributed by atoms with van der Waals surface area (Å²) in [4.78, 5) is 20.5. The van der Waals surface area contributed by atoms with E-state index in [-0.39, 0.29) is 41.2 Å². The van der Waals surface area contributed by atoms with Crippen molar-refractivity contribution in [2.24, 2.45) is 0 Å². The number of phenolic OH excluding ortho intramolecular Hbond substituents is 1. The van der Waals surface area contributed by atoms with E-state index < -0.39 is 5.82 Å². The summed E-state index contributed by atoms with van der Waals surface area (Å²) in [7, 11) is 0. The molecule has 3 aromatic rings. The third kappa shape index (κ3) is 4.39. The number of phenols is 1. The molecule has 7 heteroatoms. The number of carbonyl (C=O) groups excluding carboxylic acids is 1. The molecule has 2 aromatic carbocycles. The number of nitrogens with one attached hydrogen (secondary N) is 2. The van der Waals surface area contributed by atoms with Crippen molar-refractivity contribution in [3.05, 3.63) is 53.5 Å². The molecule has 0 aliphatic rings. The molecule has 1 atom stereocenters. The van der Waals surface area contributed by atoms with E-state index in [9.17, 15) is 14.3 Å². The maximum Gasteiger partial charge on any atom is 0.219 e. The van der Waals surface area contributed by atoms with Crippen LogP contribution in [0.4, 0.5) is 4.39 Å². The molecule has 3 rings (SSSR count). The summed E-state index contributed by atoms with van der Waals surface area (Å²) < 4.78 is 14.4. The highest BCUT2D eigenvalue weighted by Crippen LogP contribution is 2.31. The molecule has 6 nitrogen and oxygen atoms in total. The van der Waals surface area contributed by atoms with Gasteiger partial charge in [0.1, 0.15) is 11.6 Å². The van der Waals surface area contributed by atoms with Crippen molar-refractivity contribution in [1.29, 1.82) is 5.41 Å². The number of halogens is 1. The lowest BCUT2D eigenvalue weighted by Crippen LogP contribution is -2.33. The normalized spacial score (nSPS) is 12.0. The zero-order valence-electron chi connectivity index (χ0n) is 16.6. The summed E-state index contributed by atoms with van der Waals surface area (Å²) in [6.07, 6.45) is 0.624. The number of nitrogens with zero attached hydrogens (tertiary/aromatic N) is 2. The fraction of sp³-hybridized carbons (Fsp3) is 0.273. The Morgan fingerprint density at radius 2 is 2.03 bits per heavy atom. The first kappa shape index (κ1) is 20.4. The van der Waals surface area contributed by atoms with Gasteiger partial charge < -0.3 is 15.8 Å². The first-order valence-corrected chi connectivity index (χ1v) is 9.43. The molecule has 0 aliphatic heterocycles. The molecule has 0 radical (unpaired) electrons. The molecule has 1 aromatic heterocycles. The monoisotopic (exact) mass is 394 g/mol. The standard InChI is InChI=1S/C22H23FN4O2/c1-4-19(29)25-13(3)11-16(24)21-14-9-8-12(2)10-17(14)26-22(27-21)20-15(23)6-5-7-18(20)28/h5-10,13,24,28H,4,11H2,1-3H3,(H,25,29)/t13-/m1/s1. The average Bonchev–Trinajstić information content (AvgIpc) is 2.66. The highest BCUT2D eigenvalue weighted by molar-refractivity contribution is 6.07. The van der Waals surface area contributed by atoms with Crippen molar-refractivity contribution in [3.8, 4) is 17.1 Å². The van der Waals surface area contributed by atoms with Crippen LogP contribution in [0.15, 0.2) is 36.4 Å². The van der Waals surface area contributed by atoms with E-state index in [1.165, 1.54) is 18.2 Å². The van der Waals surface area contributed by atoms with Gasteiger partial charge in [0.15, 0.2) is 5.82 Å². The topological polar surface area (TPSA) is 99.0 Å². The molecule has 0 saturated carbocycles. The molecule has 0 saturated heterocycles. The minimum absolute atomic E-state index is 0.0173. The smallest absolute Gasteiger partial charge is 0.219 e. The van der Waals surface area contributed by atoms with Gasteiger partial charge in [-0.2, -0.15) is 0 Å². The Kier molecular flexibility index (Phi) is 5.87. The number of hydrogen-bond acceptors (Lipinski definition) is 5. The predicted octanol–water partition coefficient (Wildman–Crippen LogP) is 4.12. The van der Waals surface area contributed by atoms with Crippen molar-refractivity contribution >= 4 is 22.5 Å². The number of fused-ring (bicyclic) bond motifs is 1. The first-order chi connectivity index (χ1) is 13.8. The van der Waals surface area contributed by atoms with Crippen LogP contribution in [-0.2, 0) is 4.79 Å². The number of hydrogen-bond donors (Lipinski definition) is 3. The second-order valence-corrected chi connectivity index (χ2v) is 7.06. The van der Waals surface area contributed by atoms with Gasteiger partial charge >= 0.3 is 0 Å². The van der Waals surface area contributed by atoms with E-state index >= 15 is 0 Å². The minimum Gasteiger partial charge on any atom is -0.507 e. The Labute approximate surface area is 168 Å². The number of rotatable bonds is 6. The minimum atomic E-state index is -0.641. The van der Waals surface area contributed by atoms with Gasteiger partial charge in [0.25, 0.3) is 0 Å². The zero-order chi connectivity index (χ0) is 21.1. The highest BCUT2D eigenvalue weighted by atomic mass is 19.1. The maximum atomic E-state index is 14.4. The third-order valence-electron chi connectivity index (χ3n) is 4.59. The maximum absolute atomic E-state index is 14.4. The number of aromatic nitrogens is 2. The molecular formula is C22H23FN4O2. The fourth-order valence-electron chi connectivity index (χ4n) is 3.15. The number of aryl methyl sites for hydroxylation is 1. The molecule has 1 amide bonds. The Bertz CT molecular complexity index is 1080. The van der Waals surface area contributed by atoms with Gasteiger partial charge in [-0.25, -0.2) is 14.4 Å². The molecule has 1 heterocycles. The number of amides is 1. The van der Waals surface area contributed by atoms with Crippen LogP contribution in [0, 0.1) is 18.2 Å². The molecular weight excluding hydrogens is 371 g/mol. The molecule has 0 bridgehead atoms. The van der Waals surface area contributed by atoms with Crippen LogP contribution in [0.1, 0.15) is 37.9 Å². The largest absolute Gasteiger partial charge is 0.507 e. The number of carbonyl (C=O) groups is 1.